The minimum Gasteiger partial charge on any atom is -0.378 e. The van der Waals surface area contributed by atoms with Crippen molar-refractivity contribution in [2.24, 2.45) is 0 Å². The molecule has 1 aliphatic heterocycles. The summed E-state index contributed by atoms with van der Waals surface area (Å²) in [5, 5.41) is 4.49. The second kappa shape index (κ2) is 4.66. The van der Waals surface area contributed by atoms with Gasteiger partial charge in [0, 0.05) is 13.0 Å². The molecule has 1 unspecified atom stereocenters. The molecule has 0 aliphatic carbocycles. The van der Waals surface area contributed by atoms with E-state index in [4.69, 9.17) is 15.0 Å². The number of hydrogen-bond acceptors (Lipinski definition) is 7. The third-order valence-corrected chi connectivity index (χ3v) is 3.88. The first-order valence-electron chi connectivity index (χ1n) is 5.90. The van der Waals surface area contributed by atoms with Crippen molar-refractivity contribution in [3.8, 4) is 10.8 Å². The maximum atomic E-state index is 5.65. The third-order valence-electron chi connectivity index (χ3n) is 2.91. The van der Waals surface area contributed by atoms with Crippen LogP contribution >= 0.6 is 11.3 Å². The van der Waals surface area contributed by atoms with Crippen molar-refractivity contribution in [1.29, 1.82) is 0 Å². The number of nitrogens with zero attached hydrogens (tertiary/aromatic N) is 3. The van der Waals surface area contributed by atoms with Crippen LogP contribution in [0.3, 0.4) is 0 Å². The van der Waals surface area contributed by atoms with Gasteiger partial charge >= 0.3 is 0 Å². The van der Waals surface area contributed by atoms with Crippen LogP contribution in [0.2, 0.25) is 0 Å². The number of anilines is 1. The van der Waals surface area contributed by atoms with Crippen molar-refractivity contribution < 1.29 is 9.26 Å². The summed E-state index contributed by atoms with van der Waals surface area (Å²) in [6, 6.07) is 0. The maximum absolute atomic E-state index is 5.65. The van der Waals surface area contributed by atoms with Crippen molar-refractivity contribution >= 4 is 16.5 Å². The molecule has 2 aromatic rings. The Balaban J connectivity index is 1.78. The van der Waals surface area contributed by atoms with E-state index in [-0.39, 0.29) is 6.10 Å². The SMILES string of the molecule is Cc1nc(N)sc1-c1nc(CC2CCCO2)no1. The normalized spacial score (nSPS) is 19.5. The number of nitrogens with two attached hydrogens (primary N) is 1. The van der Waals surface area contributed by atoms with Gasteiger partial charge in [-0.25, -0.2) is 4.98 Å². The Morgan fingerprint density at radius 1 is 1.44 bits per heavy atom. The summed E-state index contributed by atoms with van der Waals surface area (Å²) in [5.41, 5.74) is 6.48. The lowest BCUT2D eigenvalue weighted by molar-refractivity contribution is 0.109. The fourth-order valence-electron chi connectivity index (χ4n) is 2.05. The van der Waals surface area contributed by atoms with Crippen molar-refractivity contribution in [3.05, 3.63) is 11.5 Å². The summed E-state index contributed by atoms with van der Waals surface area (Å²) in [5.74, 6) is 1.18. The van der Waals surface area contributed by atoms with E-state index in [1.54, 1.807) is 0 Å². The largest absolute Gasteiger partial charge is 0.378 e. The molecular weight excluding hydrogens is 252 g/mol. The molecule has 3 heterocycles. The minimum atomic E-state index is 0.225. The van der Waals surface area contributed by atoms with Gasteiger partial charge in [0.05, 0.1) is 11.8 Å². The van der Waals surface area contributed by atoms with Crippen LogP contribution in [0.1, 0.15) is 24.4 Å². The van der Waals surface area contributed by atoms with E-state index in [9.17, 15) is 0 Å². The standard InChI is InChI=1S/C11H14N4O2S/c1-6-9(18-11(12)13-6)10-14-8(15-17-10)5-7-3-2-4-16-7/h7H,2-5H2,1H3,(H2,12,13). The number of nitrogen functional groups attached to an aromatic ring is 1. The summed E-state index contributed by atoms with van der Waals surface area (Å²) in [6.07, 6.45) is 3.11. The molecule has 0 amide bonds. The lowest BCUT2D eigenvalue weighted by Gasteiger charge is -2.03. The summed E-state index contributed by atoms with van der Waals surface area (Å²) < 4.78 is 10.8. The zero-order valence-electron chi connectivity index (χ0n) is 10.0. The summed E-state index contributed by atoms with van der Waals surface area (Å²) >= 11 is 1.36. The van der Waals surface area contributed by atoms with Gasteiger partial charge in [0.1, 0.15) is 4.88 Å². The van der Waals surface area contributed by atoms with E-state index in [0.29, 0.717) is 23.3 Å². The quantitative estimate of drug-likeness (QED) is 0.911. The Kier molecular flexibility index (Phi) is 3.00. The number of aromatic nitrogens is 3. The topological polar surface area (TPSA) is 87.1 Å². The molecule has 18 heavy (non-hydrogen) atoms. The van der Waals surface area contributed by atoms with Gasteiger partial charge in [-0.05, 0) is 19.8 Å². The first-order valence-corrected chi connectivity index (χ1v) is 6.71. The molecule has 2 N–H and O–H groups in total. The first-order chi connectivity index (χ1) is 8.72. The highest BCUT2D eigenvalue weighted by atomic mass is 32.1. The number of rotatable bonds is 3. The molecule has 0 spiro atoms. The van der Waals surface area contributed by atoms with Crippen molar-refractivity contribution in [2.75, 3.05) is 12.3 Å². The Morgan fingerprint density at radius 2 is 2.33 bits per heavy atom. The van der Waals surface area contributed by atoms with Crippen LogP contribution in [-0.4, -0.2) is 27.8 Å². The number of hydrogen-bond donors (Lipinski definition) is 1. The van der Waals surface area contributed by atoms with E-state index in [1.165, 1.54) is 11.3 Å². The molecule has 0 bridgehead atoms. The molecule has 3 rings (SSSR count). The fourth-order valence-corrected chi connectivity index (χ4v) is 2.81. The second-order valence-corrected chi connectivity index (χ2v) is 5.35. The first kappa shape index (κ1) is 11.6. The van der Waals surface area contributed by atoms with Gasteiger partial charge in [-0.2, -0.15) is 4.98 Å². The van der Waals surface area contributed by atoms with Crippen LogP contribution < -0.4 is 5.73 Å². The molecule has 2 aromatic heterocycles. The summed E-state index contributed by atoms with van der Waals surface area (Å²) in [6.45, 7) is 2.71. The van der Waals surface area contributed by atoms with Gasteiger partial charge < -0.3 is 15.0 Å². The van der Waals surface area contributed by atoms with Crippen LogP contribution in [0, 0.1) is 6.92 Å². The van der Waals surface area contributed by atoms with Crippen molar-refractivity contribution in [1.82, 2.24) is 15.1 Å². The summed E-state index contributed by atoms with van der Waals surface area (Å²) in [4.78, 5) is 9.36. The van der Waals surface area contributed by atoms with Crippen LogP contribution in [0.5, 0.6) is 0 Å². The second-order valence-electron chi connectivity index (χ2n) is 4.32. The highest BCUT2D eigenvalue weighted by Crippen LogP contribution is 2.30. The summed E-state index contributed by atoms with van der Waals surface area (Å²) in [7, 11) is 0. The fraction of sp³-hybridized carbons (Fsp3) is 0.545. The Morgan fingerprint density at radius 3 is 3.00 bits per heavy atom. The zero-order chi connectivity index (χ0) is 12.5. The highest BCUT2D eigenvalue weighted by Gasteiger charge is 2.20. The average molecular weight is 266 g/mol. The molecule has 0 saturated carbocycles. The molecule has 1 aliphatic rings. The van der Waals surface area contributed by atoms with Crippen LogP contribution in [0.25, 0.3) is 10.8 Å². The molecule has 6 nitrogen and oxygen atoms in total. The number of ether oxygens (including phenoxy) is 1. The number of aryl methyl sites for hydroxylation is 1. The lowest BCUT2D eigenvalue weighted by Crippen LogP contribution is -2.09. The molecule has 0 radical (unpaired) electrons. The van der Waals surface area contributed by atoms with Crippen molar-refractivity contribution in [2.45, 2.75) is 32.3 Å². The van der Waals surface area contributed by atoms with E-state index in [1.807, 2.05) is 6.92 Å². The molecular formula is C11H14N4O2S. The van der Waals surface area contributed by atoms with Crippen LogP contribution in [0.15, 0.2) is 4.52 Å². The van der Waals surface area contributed by atoms with Crippen LogP contribution in [0.4, 0.5) is 5.13 Å². The van der Waals surface area contributed by atoms with Gasteiger partial charge in [-0.1, -0.05) is 16.5 Å². The molecule has 1 saturated heterocycles. The molecule has 96 valence electrons. The van der Waals surface area contributed by atoms with Crippen LogP contribution in [-0.2, 0) is 11.2 Å². The van der Waals surface area contributed by atoms with Gasteiger partial charge in [-0.3, -0.25) is 0 Å². The van der Waals surface area contributed by atoms with E-state index < -0.39 is 0 Å². The Labute approximate surface area is 108 Å². The maximum Gasteiger partial charge on any atom is 0.269 e. The Hall–Kier alpha value is -1.47. The third kappa shape index (κ3) is 2.23. The Bertz CT molecular complexity index is 545. The molecule has 0 aromatic carbocycles. The lowest BCUT2D eigenvalue weighted by atomic mass is 10.2. The predicted molar refractivity (Wildman–Crippen MR) is 67.2 cm³/mol. The van der Waals surface area contributed by atoms with Gasteiger partial charge in [0.2, 0.25) is 0 Å². The van der Waals surface area contributed by atoms with Gasteiger partial charge in [0.25, 0.3) is 5.89 Å². The van der Waals surface area contributed by atoms with E-state index in [0.717, 1.165) is 30.0 Å². The smallest absolute Gasteiger partial charge is 0.269 e. The van der Waals surface area contributed by atoms with Gasteiger partial charge in [-0.15, -0.1) is 0 Å². The molecule has 1 atom stereocenters. The average Bonchev–Trinajstić information content (AvgIpc) is 3.01. The monoisotopic (exact) mass is 266 g/mol. The van der Waals surface area contributed by atoms with E-state index in [2.05, 4.69) is 15.1 Å². The molecule has 1 fully saturated rings. The zero-order valence-corrected chi connectivity index (χ0v) is 10.9. The van der Waals surface area contributed by atoms with Gasteiger partial charge in [0.15, 0.2) is 11.0 Å². The predicted octanol–water partition coefficient (Wildman–Crippen LogP) is 1.81. The van der Waals surface area contributed by atoms with E-state index >= 15 is 0 Å². The highest BCUT2D eigenvalue weighted by molar-refractivity contribution is 7.18. The molecule has 7 heteroatoms. The number of thiazole rings is 1. The van der Waals surface area contributed by atoms with Crippen molar-refractivity contribution in [3.63, 3.8) is 0 Å². The minimum absolute atomic E-state index is 0.225.